The number of nitrogens with one attached hydrogen (secondary N) is 2. The Morgan fingerprint density at radius 3 is 1.83 bits per heavy atom. The zero-order chi connectivity index (χ0) is 18.6. The Balaban J connectivity index is 0. The van der Waals surface area contributed by atoms with Gasteiger partial charge in [0.2, 0.25) is 10.9 Å². The molecule has 0 amide bonds. The van der Waals surface area contributed by atoms with Crippen LogP contribution in [-0.2, 0) is 5.41 Å². The molecule has 7 heteroatoms. The second kappa shape index (κ2) is 11.9. The van der Waals surface area contributed by atoms with Crippen LogP contribution in [0.1, 0.15) is 33.3 Å². The number of hydrogen-bond acceptors (Lipinski definition) is 7. The van der Waals surface area contributed by atoms with E-state index in [1.165, 1.54) is 0 Å². The van der Waals surface area contributed by atoms with E-state index in [0.29, 0.717) is 11.3 Å². The van der Waals surface area contributed by atoms with Crippen LogP contribution in [0.3, 0.4) is 0 Å². The Kier molecular flexibility index (Phi) is 12.2. The first-order chi connectivity index (χ1) is 10.6. The summed E-state index contributed by atoms with van der Waals surface area (Å²) in [6, 6.07) is 0. The van der Waals surface area contributed by atoms with Crippen LogP contribution in [0, 0.1) is 4.91 Å². The normalized spacial score (nSPS) is 10.5. The van der Waals surface area contributed by atoms with Crippen molar-refractivity contribution in [3.63, 3.8) is 0 Å². The standard InChI is InChI=1S/C10H14N2O3.C4H11N.C2H7N/c1-10(2,3)6-7(9(14)8(6)13)11-4-5-12-15;1-4-5(2)3;1-3-2/h11H,4-5H2,1-3H3;4H2,1-3H3;3H,1-2H3. The molecule has 0 saturated carbocycles. The summed E-state index contributed by atoms with van der Waals surface area (Å²) in [4.78, 5) is 34.5. The van der Waals surface area contributed by atoms with Gasteiger partial charge in [0.25, 0.3) is 0 Å². The lowest BCUT2D eigenvalue weighted by atomic mass is 9.82. The monoisotopic (exact) mass is 328 g/mol. The van der Waals surface area contributed by atoms with Gasteiger partial charge in [0.15, 0.2) is 0 Å². The SMILES string of the molecule is CC(C)(C)c1c(NCCN=O)c(=O)c1=O.CCN(C)C.CNC. The topological polar surface area (TPSA) is 90.9 Å². The van der Waals surface area contributed by atoms with Crippen molar-refractivity contribution < 1.29 is 0 Å². The molecule has 0 aliphatic carbocycles. The van der Waals surface area contributed by atoms with Crippen LogP contribution in [0.5, 0.6) is 0 Å². The Labute approximate surface area is 139 Å². The molecule has 0 saturated heterocycles. The van der Waals surface area contributed by atoms with Gasteiger partial charge >= 0.3 is 0 Å². The number of nitroso groups, excluding NO2 is 1. The lowest BCUT2D eigenvalue weighted by Crippen LogP contribution is -2.43. The number of anilines is 1. The molecule has 1 rings (SSSR count). The van der Waals surface area contributed by atoms with Gasteiger partial charge in [-0.2, -0.15) is 4.91 Å². The predicted molar refractivity (Wildman–Crippen MR) is 98.4 cm³/mol. The smallest absolute Gasteiger partial charge is 0.249 e. The maximum atomic E-state index is 11.3. The number of rotatable bonds is 5. The third-order valence-electron chi connectivity index (χ3n) is 2.80. The summed E-state index contributed by atoms with van der Waals surface area (Å²) >= 11 is 0. The van der Waals surface area contributed by atoms with E-state index in [2.05, 4.69) is 41.7 Å². The quantitative estimate of drug-likeness (QED) is 0.479. The van der Waals surface area contributed by atoms with E-state index in [9.17, 15) is 14.5 Å². The molecule has 0 radical (unpaired) electrons. The Hall–Kier alpha value is -1.60. The molecule has 134 valence electrons. The molecule has 0 heterocycles. The minimum atomic E-state index is -0.495. The molecule has 1 aromatic carbocycles. The van der Waals surface area contributed by atoms with Gasteiger partial charge in [0.05, 0.1) is 12.2 Å². The molecule has 0 atom stereocenters. The van der Waals surface area contributed by atoms with E-state index < -0.39 is 10.9 Å². The average molecular weight is 328 g/mol. The molecule has 23 heavy (non-hydrogen) atoms. The molecule has 7 nitrogen and oxygen atoms in total. The van der Waals surface area contributed by atoms with Crippen molar-refractivity contribution in [1.29, 1.82) is 0 Å². The third kappa shape index (κ3) is 9.20. The van der Waals surface area contributed by atoms with Crippen LogP contribution in [0.15, 0.2) is 14.8 Å². The molecule has 0 fully saturated rings. The van der Waals surface area contributed by atoms with E-state index in [-0.39, 0.29) is 18.5 Å². The van der Waals surface area contributed by atoms with Crippen molar-refractivity contribution in [2.75, 3.05) is 53.1 Å². The fraction of sp³-hybridized carbons (Fsp3) is 0.750. The van der Waals surface area contributed by atoms with Crippen LogP contribution >= 0.6 is 0 Å². The fourth-order valence-corrected chi connectivity index (χ4v) is 1.50. The maximum absolute atomic E-state index is 11.3. The first kappa shape index (κ1) is 23.7. The zero-order valence-corrected chi connectivity index (χ0v) is 15.7. The van der Waals surface area contributed by atoms with Gasteiger partial charge in [-0.3, -0.25) is 9.59 Å². The van der Waals surface area contributed by atoms with Crippen LogP contribution in [-0.4, -0.2) is 52.7 Å². The average Bonchev–Trinajstić information content (AvgIpc) is 2.45. The summed E-state index contributed by atoms with van der Waals surface area (Å²) in [5.74, 6) is 0. The summed E-state index contributed by atoms with van der Waals surface area (Å²) < 4.78 is 0. The Morgan fingerprint density at radius 1 is 1.09 bits per heavy atom. The van der Waals surface area contributed by atoms with Crippen molar-refractivity contribution in [2.45, 2.75) is 33.1 Å². The molecular weight excluding hydrogens is 296 g/mol. The summed E-state index contributed by atoms with van der Waals surface area (Å²) in [6.07, 6.45) is 0. The van der Waals surface area contributed by atoms with Gasteiger partial charge in [-0.05, 0) is 40.2 Å². The first-order valence-electron chi connectivity index (χ1n) is 7.68. The zero-order valence-electron chi connectivity index (χ0n) is 15.7. The molecule has 0 aromatic heterocycles. The summed E-state index contributed by atoms with van der Waals surface area (Å²) in [7, 11) is 7.86. The van der Waals surface area contributed by atoms with Crippen molar-refractivity contribution >= 4 is 5.69 Å². The second-order valence-corrected chi connectivity index (χ2v) is 6.33. The van der Waals surface area contributed by atoms with Gasteiger partial charge in [-0.15, -0.1) is 0 Å². The highest BCUT2D eigenvalue weighted by molar-refractivity contribution is 5.59. The predicted octanol–water partition coefficient (Wildman–Crippen LogP) is 1.16. The van der Waals surface area contributed by atoms with Crippen LogP contribution in [0.2, 0.25) is 0 Å². The van der Waals surface area contributed by atoms with E-state index in [1.807, 2.05) is 34.9 Å². The lowest BCUT2D eigenvalue weighted by molar-refractivity contribution is 0.434. The minimum Gasteiger partial charge on any atom is -0.379 e. The van der Waals surface area contributed by atoms with Gasteiger partial charge in [-0.1, -0.05) is 32.9 Å². The van der Waals surface area contributed by atoms with Crippen LogP contribution in [0.25, 0.3) is 0 Å². The van der Waals surface area contributed by atoms with E-state index in [0.717, 1.165) is 6.54 Å². The van der Waals surface area contributed by atoms with E-state index in [1.54, 1.807) is 0 Å². The molecular formula is C16H32N4O3. The van der Waals surface area contributed by atoms with Crippen molar-refractivity contribution in [3.8, 4) is 0 Å². The Morgan fingerprint density at radius 2 is 1.52 bits per heavy atom. The molecule has 0 aliphatic rings. The first-order valence-corrected chi connectivity index (χ1v) is 7.68. The lowest BCUT2D eigenvalue weighted by Gasteiger charge is -2.23. The fourth-order valence-electron chi connectivity index (χ4n) is 1.50. The summed E-state index contributed by atoms with van der Waals surface area (Å²) in [5, 5.41) is 8.19. The second-order valence-electron chi connectivity index (χ2n) is 6.33. The highest BCUT2D eigenvalue weighted by atomic mass is 16.3. The number of nitrogens with zero attached hydrogens (tertiary/aromatic N) is 2. The van der Waals surface area contributed by atoms with Gasteiger partial charge in [0, 0.05) is 12.1 Å². The minimum absolute atomic E-state index is 0.0857. The third-order valence-corrected chi connectivity index (χ3v) is 2.80. The van der Waals surface area contributed by atoms with Crippen LogP contribution < -0.4 is 21.5 Å². The molecule has 1 aromatic rings. The summed E-state index contributed by atoms with van der Waals surface area (Å²) in [5.41, 5.74) is -0.411. The van der Waals surface area contributed by atoms with E-state index >= 15 is 0 Å². The number of hydrogen-bond donors (Lipinski definition) is 2. The summed E-state index contributed by atoms with van der Waals surface area (Å²) in [6.45, 7) is 9.24. The molecule has 2 N–H and O–H groups in total. The van der Waals surface area contributed by atoms with Gasteiger partial charge in [0.1, 0.15) is 0 Å². The van der Waals surface area contributed by atoms with E-state index in [4.69, 9.17) is 0 Å². The largest absolute Gasteiger partial charge is 0.379 e. The molecule has 0 bridgehead atoms. The van der Waals surface area contributed by atoms with Crippen molar-refractivity contribution in [2.24, 2.45) is 5.18 Å². The Bertz CT molecular complexity index is 512. The molecule has 0 spiro atoms. The maximum Gasteiger partial charge on any atom is 0.249 e. The highest BCUT2D eigenvalue weighted by Crippen LogP contribution is 2.25. The van der Waals surface area contributed by atoms with Crippen LogP contribution in [0.4, 0.5) is 5.69 Å². The highest BCUT2D eigenvalue weighted by Gasteiger charge is 2.29. The van der Waals surface area contributed by atoms with Crippen molar-refractivity contribution in [1.82, 2.24) is 10.2 Å². The van der Waals surface area contributed by atoms with Gasteiger partial charge in [-0.25, -0.2) is 0 Å². The molecule has 0 aliphatic heterocycles. The van der Waals surface area contributed by atoms with Crippen molar-refractivity contribution in [3.05, 3.63) is 30.9 Å². The molecule has 0 unspecified atom stereocenters. The van der Waals surface area contributed by atoms with Gasteiger partial charge < -0.3 is 15.5 Å².